The number of phenols is 4. The van der Waals surface area contributed by atoms with E-state index in [4.69, 9.17) is 37.6 Å². The van der Waals surface area contributed by atoms with Crippen LogP contribution in [0.2, 0.25) is 0 Å². The molecule has 14 atom stereocenters. The molecule has 24 nitrogen and oxygen atoms in total. The van der Waals surface area contributed by atoms with Gasteiger partial charge in [0, 0.05) is 36.4 Å². The second kappa shape index (κ2) is 19.7. The summed E-state index contributed by atoms with van der Waals surface area (Å²) >= 11 is 0. The van der Waals surface area contributed by atoms with E-state index >= 15 is 0 Å². The van der Waals surface area contributed by atoms with Gasteiger partial charge in [0.15, 0.2) is 30.2 Å². The molecule has 1 aromatic heterocycles. The smallest absolute Gasteiger partial charge is 0.402 e. The number of aromatic hydroxyl groups is 4. The Hall–Kier alpha value is -5.84. The number of hydrogen-bond donors (Lipinski definition) is 12. The molecule has 7 rings (SSSR count). The van der Waals surface area contributed by atoms with Gasteiger partial charge >= 0.3 is 17.3 Å². The van der Waals surface area contributed by atoms with Gasteiger partial charge in [-0.25, -0.2) is 9.21 Å². The van der Waals surface area contributed by atoms with Gasteiger partial charge in [0.2, 0.25) is 12.0 Å². The molecule has 24 heteroatoms. The molecule has 0 unspecified atom stereocenters. The molecule has 350 valence electrons. The highest BCUT2D eigenvalue weighted by molar-refractivity contribution is 5.89. The third-order valence-corrected chi connectivity index (χ3v) is 10.7. The van der Waals surface area contributed by atoms with Gasteiger partial charge in [-0.05, 0) is 35.9 Å². The number of rotatable bonds is 13. The second-order valence-corrected chi connectivity index (χ2v) is 15.2. The van der Waals surface area contributed by atoms with E-state index in [-0.39, 0.29) is 33.7 Å². The number of carbonyl (C=O) groups is 1. The molecule has 4 aromatic rings. The first kappa shape index (κ1) is 47.1. The zero-order valence-electron chi connectivity index (χ0n) is 33.4. The molecule has 0 radical (unpaired) electrons. The van der Waals surface area contributed by atoms with Crippen LogP contribution in [0.1, 0.15) is 5.56 Å². The van der Waals surface area contributed by atoms with Crippen LogP contribution in [0.15, 0.2) is 71.2 Å². The minimum atomic E-state index is -2.04. The maximum atomic E-state index is 12.5. The number of aliphatic hydroxyl groups excluding tert-OH is 8. The van der Waals surface area contributed by atoms with Crippen LogP contribution < -0.4 is 4.74 Å². The Labute approximate surface area is 365 Å². The Balaban J connectivity index is 1.12. The number of nitro benzene ring substituents is 1. The quantitative estimate of drug-likeness (QED) is 0.0188. The molecule has 0 spiro atoms. The zero-order valence-corrected chi connectivity index (χ0v) is 33.4. The average Bonchev–Trinajstić information content (AvgIpc) is 3.28. The van der Waals surface area contributed by atoms with Crippen molar-refractivity contribution in [1.82, 2.24) is 0 Å². The number of nitro groups is 1. The van der Waals surface area contributed by atoms with E-state index in [0.29, 0.717) is 5.56 Å². The van der Waals surface area contributed by atoms with Gasteiger partial charge in [-0.1, -0.05) is 0 Å². The fourth-order valence-corrected chi connectivity index (χ4v) is 7.06. The lowest BCUT2D eigenvalue weighted by Gasteiger charge is -2.45. The molecule has 0 bridgehead atoms. The highest BCUT2D eigenvalue weighted by Crippen LogP contribution is 2.43. The van der Waals surface area contributed by atoms with Gasteiger partial charge < -0.3 is 94.4 Å². The number of aliphatic hydroxyl groups is 8. The number of esters is 1. The van der Waals surface area contributed by atoms with Crippen LogP contribution >= 0.6 is 0 Å². The van der Waals surface area contributed by atoms with Crippen LogP contribution in [0.25, 0.3) is 28.4 Å². The van der Waals surface area contributed by atoms with E-state index in [9.17, 15) is 76.2 Å². The van der Waals surface area contributed by atoms with Crippen LogP contribution in [0.3, 0.4) is 0 Å². The Morgan fingerprint density at radius 2 is 1.42 bits per heavy atom. The van der Waals surface area contributed by atoms with Gasteiger partial charge in [0.25, 0.3) is 5.69 Å². The van der Waals surface area contributed by atoms with E-state index in [1.807, 2.05) is 0 Å². The fraction of sp³-hybridized carbons (Fsp3) is 0.415. The number of non-ortho nitro benzene ring substituents is 1. The van der Waals surface area contributed by atoms with Crippen molar-refractivity contribution in [2.75, 3.05) is 19.8 Å². The van der Waals surface area contributed by atoms with Crippen LogP contribution in [-0.2, 0) is 33.2 Å². The summed E-state index contributed by atoms with van der Waals surface area (Å²) in [7, 11) is 0. The van der Waals surface area contributed by atoms with Crippen molar-refractivity contribution in [2.45, 2.75) is 86.0 Å². The third-order valence-electron chi connectivity index (χ3n) is 10.7. The van der Waals surface area contributed by atoms with Crippen molar-refractivity contribution < 1.29 is 109 Å². The lowest BCUT2D eigenvalue weighted by Crippen LogP contribution is -2.64. The summed E-state index contributed by atoms with van der Waals surface area (Å²) in [6, 6.07) is 12.0. The third kappa shape index (κ3) is 10.3. The van der Waals surface area contributed by atoms with Crippen molar-refractivity contribution in [3.63, 3.8) is 0 Å². The van der Waals surface area contributed by atoms with Gasteiger partial charge in [-0.2, -0.15) is 0 Å². The number of ether oxygens (including phenoxy) is 7. The Morgan fingerprint density at radius 3 is 2.12 bits per heavy atom. The monoisotopic (exact) mass is 918 g/mol. The summed E-state index contributed by atoms with van der Waals surface area (Å²) < 4.78 is 45.8. The maximum Gasteiger partial charge on any atom is 0.402 e. The predicted octanol–water partition coefficient (Wildman–Crippen LogP) is -1.16. The van der Waals surface area contributed by atoms with Gasteiger partial charge in [0.05, 0.1) is 29.8 Å². The molecule has 0 saturated carbocycles. The number of nitrogens with zero attached hydrogens (tertiary/aromatic N) is 1. The van der Waals surface area contributed by atoms with Gasteiger partial charge in [-0.3, -0.25) is 10.1 Å². The molecule has 65 heavy (non-hydrogen) atoms. The second-order valence-electron chi connectivity index (χ2n) is 15.2. The molecule has 0 aliphatic carbocycles. The van der Waals surface area contributed by atoms with E-state index in [2.05, 4.69) is 0 Å². The Morgan fingerprint density at radius 1 is 0.738 bits per heavy atom. The average molecular weight is 919 g/mol. The van der Waals surface area contributed by atoms with Crippen molar-refractivity contribution in [3.8, 4) is 40.1 Å². The molecule has 3 fully saturated rings. The first-order valence-corrected chi connectivity index (χ1v) is 19.7. The molecule has 3 aliphatic rings. The predicted molar refractivity (Wildman–Crippen MR) is 212 cm³/mol. The summed E-state index contributed by atoms with van der Waals surface area (Å²) in [5, 5.41) is 138. The zero-order chi connectivity index (χ0) is 46.9. The molecule has 3 aromatic carbocycles. The van der Waals surface area contributed by atoms with Crippen molar-refractivity contribution in [1.29, 1.82) is 0 Å². The lowest BCUT2D eigenvalue weighted by atomic mass is 9.98. The maximum absolute atomic E-state index is 12.5. The van der Waals surface area contributed by atoms with Gasteiger partial charge in [-0.15, -0.1) is 0 Å². The van der Waals surface area contributed by atoms with E-state index in [1.54, 1.807) is 0 Å². The molecule has 4 heterocycles. The van der Waals surface area contributed by atoms with Crippen molar-refractivity contribution in [3.05, 3.63) is 82.4 Å². The summed E-state index contributed by atoms with van der Waals surface area (Å²) in [6.45, 7) is -2.00. The summed E-state index contributed by atoms with van der Waals surface area (Å²) in [5.74, 6) is -3.50. The van der Waals surface area contributed by atoms with E-state index < -0.39 is 140 Å². The van der Waals surface area contributed by atoms with E-state index in [1.165, 1.54) is 42.5 Å². The largest absolute Gasteiger partial charge is 0.507 e. The Bertz CT molecular complexity index is 2360. The highest BCUT2D eigenvalue weighted by atomic mass is 16.8. The fourth-order valence-electron chi connectivity index (χ4n) is 7.06. The SMILES string of the molecule is O=C(/C=C/c1ccc([N+](=O)[O-])cc1)OC[C@H]1O[C@@H](OC[C@H]2O[C@@H](Oc3cc4c(O)cc(O)cc4[o+]c3-c3ccc(O)c(O)c3)[C@H](O[C@@H]3OC[C@@H](O)[C@H](O)[C@H]3O)[C@@H](O)[C@H]2O)[C@H](O)[C@@H](O)[C@@H]1O. The van der Waals surface area contributed by atoms with Crippen LogP contribution in [0, 0.1) is 10.1 Å². The minimum absolute atomic E-state index is 0.0434. The van der Waals surface area contributed by atoms with Crippen molar-refractivity contribution in [2.24, 2.45) is 0 Å². The highest BCUT2D eigenvalue weighted by Gasteiger charge is 2.52. The standard InChI is InChI=1S/C41H43NO23/c43-19-10-22(45)20-12-26(37(61-25(20)11-19)17-4-7-21(44)23(46)9-17)62-41-38(65-40-35(54)30(49)24(47)13-59-40)34(53)32(51)28(64-41)15-60-39-36(55)33(52)31(50)27(63-39)14-58-29(48)8-3-16-1-5-18(6-2-16)42(56)57/h1-12,24,27-28,30-36,38-41,47,49-55H,13-15H2,(H3-,43,44,45,46)/p+1/b8-3+/t24-,27-,28-,30+,31-,32+,33+,34+,35-,36-,38-,39-,40+,41-/m1/s1. The van der Waals surface area contributed by atoms with Crippen LogP contribution in [0.5, 0.6) is 28.7 Å². The molecular formula is C41H44NO23+. The van der Waals surface area contributed by atoms with Crippen LogP contribution in [0.4, 0.5) is 5.69 Å². The molecule has 3 aliphatic heterocycles. The summed E-state index contributed by atoms with van der Waals surface area (Å²) in [6.07, 6.45) is -23.1. The first-order valence-electron chi connectivity index (χ1n) is 19.7. The Kier molecular flexibility index (Phi) is 14.3. The summed E-state index contributed by atoms with van der Waals surface area (Å²) in [4.78, 5) is 22.8. The summed E-state index contributed by atoms with van der Waals surface area (Å²) in [5.41, 5.74) is 0.188. The lowest BCUT2D eigenvalue weighted by molar-refractivity contribution is -0.384. The molecular weight excluding hydrogens is 874 g/mol. The van der Waals surface area contributed by atoms with Crippen LogP contribution in [-0.4, -0.2) is 178 Å². The number of phenolic OH excluding ortho intramolecular Hbond substituents is 4. The number of fused-ring (bicyclic) bond motifs is 1. The normalized spacial score (nSPS) is 31.8. The van der Waals surface area contributed by atoms with Gasteiger partial charge in [0.1, 0.15) is 84.5 Å². The minimum Gasteiger partial charge on any atom is -0.507 e. The topological polar surface area (TPSA) is 379 Å². The molecule has 0 amide bonds. The number of carbonyl (C=O) groups excluding carboxylic acids is 1. The first-order chi connectivity index (χ1) is 30.9. The number of benzene rings is 3. The molecule has 12 N–H and O–H groups in total. The van der Waals surface area contributed by atoms with E-state index in [0.717, 1.165) is 30.3 Å². The number of hydrogen-bond acceptors (Lipinski definition) is 22. The van der Waals surface area contributed by atoms with Crippen molar-refractivity contribution >= 4 is 28.7 Å². The molecule has 3 saturated heterocycles.